The molecule has 1 aromatic heterocycles. The number of phenols is 1. The summed E-state index contributed by atoms with van der Waals surface area (Å²) in [5.74, 6) is 1.10. The van der Waals surface area contributed by atoms with Crippen LogP contribution >= 0.6 is 11.8 Å². The molecule has 3 aromatic carbocycles. The van der Waals surface area contributed by atoms with Gasteiger partial charge < -0.3 is 9.84 Å². The standard InChI is InChI=1S/C25H18N2O2S/c28-21-10-4-6-15-11-12-22(27-23(15)21)29-18-8-3-7-17(13-18)25-26-20-14-16-5-1-2-9-19(16)24(20)30-25/h1-13,20,24,28H,14H2/t20-,24-/m0/s1/i14D2. The lowest BCUT2D eigenvalue weighted by Crippen LogP contribution is -2.02. The number of aromatic nitrogens is 1. The fourth-order valence-corrected chi connectivity index (χ4v) is 5.18. The van der Waals surface area contributed by atoms with Crippen molar-refractivity contribution in [1.82, 2.24) is 4.98 Å². The topological polar surface area (TPSA) is 54.7 Å². The van der Waals surface area contributed by atoms with Crippen molar-refractivity contribution in [2.45, 2.75) is 17.7 Å². The lowest BCUT2D eigenvalue weighted by atomic mass is 10.1. The molecule has 0 amide bonds. The van der Waals surface area contributed by atoms with Gasteiger partial charge >= 0.3 is 0 Å². The normalized spacial score (nSPS) is 22.1. The number of thioether (sulfide) groups is 1. The van der Waals surface area contributed by atoms with E-state index < -0.39 is 12.4 Å². The first-order valence-electron chi connectivity index (χ1n) is 10.7. The summed E-state index contributed by atoms with van der Waals surface area (Å²) in [7, 11) is 0. The number of para-hydroxylation sites is 1. The number of nitrogens with zero attached hydrogens (tertiary/aromatic N) is 2. The molecule has 0 saturated carbocycles. The molecule has 1 aliphatic heterocycles. The van der Waals surface area contributed by atoms with E-state index in [2.05, 4.69) is 4.98 Å². The second kappa shape index (κ2) is 6.89. The molecule has 2 heterocycles. The Balaban J connectivity index is 1.30. The Morgan fingerprint density at radius 3 is 2.87 bits per heavy atom. The van der Waals surface area contributed by atoms with Gasteiger partial charge in [-0.15, -0.1) is 0 Å². The van der Waals surface area contributed by atoms with Gasteiger partial charge in [-0.1, -0.05) is 60.3 Å². The SMILES string of the molecule is [2H]C1([2H])c2ccccc2[C@@H]2SC(c3cccc(Oc4ccc5cccc(O)c5n4)c3)=N[C@H]21. The Morgan fingerprint density at radius 1 is 1.00 bits per heavy atom. The molecular weight excluding hydrogens is 392 g/mol. The summed E-state index contributed by atoms with van der Waals surface area (Å²) in [5.41, 5.74) is 3.15. The number of fused-ring (bicyclic) bond motifs is 4. The Kier molecular flexibility index (Phi) is 3.56. The number of aromatic hydroxyl groups is 1. The van der Waals surface area contributed by atoms with Crippen molar-refractivity contribution in [3.8, 4) is 17.4 Å². The van der Waals surface area contributed by atoms with Crippen molar-refractivity contribution in [2.24, 2.45) is 4.99 Å². The lowest BCUT2D eigenvalue weighted by Gasteiger charge is -2.10. The van der Waals surface area contributed by atoms with E-state index in [0.717, 1.165) is 27.1 Å². The molecule has 30 heavy (non-hydrogen) atoms. The van der Waals surface area contributed by atoms with Crippen LogP contribution in [0.15, 0.2) is 83.9 Å². The van der Waals surface area contributed by atoms with Crippen LogP contribution in [0.1, 0.15) is 24.7 Å². The Labute approximate surface area is 181 Å². The number of rotatable bonds is 3. The summed E-state index contributed by atoms with van der Waals surface area (Å²) >= 11 is 1.60. The highest BCUT2D eigenvalue weighted by molar-refractivity contribution is 8.15. The van der Waals surface area contributed by atoms with Gasteiger partial charge in [-0.05, 0) is 41.8 Å². The van der Waals surface area contributed by atoms with Gasteiger partial charge in [0, 0.05) is 19.8 Å². The average Bonchev–Trinajstić information content (AvgIpc) is 3.34. The zero-order chi connectivity index (χ0) is 21.9. The van der Waals surface area contributed by atoms with Gasteiger partial charge in [0.2, 0.25) is 5.88 Å². The zero-order valence-corrected chi connectivity index (χ0v) is 16.6. The molecule has 4 nitrogen and oxygen atoms in total. The van der Waals surface area contributed by atoms with Crippen molar-refractivity contribution in [2.75, 3.05) is 0 Å². The van der Waals surface area contributed by atoms with Crippen molar-refractivity contribution < 1.29 is 12.6 Å². The monoisotopic (exact) mass is 412 g/mol. The Hall–Kier alpha value is -3.31. The van der Waals surface area contributed by atoms with E-state index in [1.165, 1.54) is 0 Å². The maximum absolute atomic E-state index is 10.1. The minimum Gasteiger partial charge on any atom is -0.506 e. The summed E-state index contributed by atoms with van der Waals surface area (Å²) in [6, 6.07) is 23.8. The van der Waals surface area contributed by atoms with Gasteiger partial charge in [-0.3, -0.25) is 4.99 Å². The Bertz CT molecular complexity index is 1410. The van der Waals surface area contributed by atoms with Crippen LogP contribution in [0.3, 0.4) is 0 Å². The largest absolute Gasteiger partial charge is 0.506 e. The highest BCUT2D eigenvalue weighted by Gasteiger charge is 2.38. The number of phenolic OH excluding ortho intramolecular Hbond substituents is 1. The van der Waals surface area contributed by atoms with Crippen LogP contribution in [0.4, 0.5) is 0 Å². The molecule has 0 saturated heterocycles. The molecule has 5 heteroatoms. The fourth-order valence-electron chi connectivity index (χ4n) is 3.91. The van der Waals surface area contributed by atoms with Crippen LogP contribution in [0, 0.1) is 0 Å². The lowest BCUT2D eigenvalue weighted by molar-refractivity contribution is 0.460. The van der Waals surface area contributed by atoms with E-state index in [1.807, 2.05) is 60.7 Å². The van der Waals surface area contributed by atoms with Gasteiger partial charge in [0.25, 0.3) is 0 Å². The van der Waals surface area contributed by atoms with Crippen molar-refractivity contribution in [3.05, 3.63) is 95.6 Å². The maximum atomic E-state index is 10.1. The van der Waals surface area contributed by atoms with E-state index in [-0.39, 0.29) is 11.0 Å². The van der Waals surface area contributed by atoms with Crippen LogP contribution in [0.2, 0.25) is 0 Å². The summed E-state index contributed by atoms with van der Waals surface area (Å²) in [4.78, 5) is 9.22. The van der Waals surface area contributed by atoms with Gasteiger partial charge in [0.1, 0.15) is 17.0 Å². The first kappa shape index (κ1) is 15.5. The molecule has 1 N–H and O–H groups in total. The molecule has 0 radical (unpaired) electrons. The van der Waals surface area contributed by atoms with E-state index in [9.17, 15) is 5.11 Å². The number of hydrogen-bond acceptors (Lipinski definition) is 5. The number of hydrogen-bond donors (Lipinski definition) is 1. The zero-order valence-electron chi connectivity index (χ0n) is 17.8. The molecule has 0 unspecified atom stereocenters. The molecule has 4 aromatic rings. The fraction of sp³-hybridized carbons (Fsp3) is 0.120. The third kappa shape index (κ3) is 2.94. The first-order valence-corrected chi connectivity index (χ1v) is 10.6. The van der Waals surface area contributed by atoms with Crippen molar-refractivity contribution in [1.29, 1.82) is 0 Å². The number of ether oxygens (including phenoxy) is 1. The number of pyridine rings is 1. The summed E-state index contributed by atoms with van der Waals surface area (Å²) in [5, 5.41) is 11.7. The predicted octanol–water partition coefficient (Wildman–Crippen LogP) is 5.89. The van der Waals surface area contributed by atoms with Crippen molar-refractivity contribution >= 4 is 27.7 Å². The highest BCUT2D eigenvalue weighted by Crippen LogP contribution is 2.49. The quantitative estimate of drug-likeness (QED) is 0.456. The van der Waals surface area contributed by atoms with Gasteiger partial charge in [-0.2, -0.15) is 0 Å². The smallest absolute Gasteiger partial charge is 0.219 e. The molecule has 0 fully saturated rings. The van der Waals surface area contributed by atoms with Crippen LogP contribution in [-0.4, -0.2) is 21.2 Å². The van der Waals surface area contributed by atoms with E-state index in [0.29, 0.717) is 17.1 Å². The molecule has 0 spiro atoms. The molecule has 2 atom stereocenters. The third-order valence-corrected chi connectivity index (χ3v) is 6.66. The van der Waals surface area contributed by atoms with E-state index in [4.69, 9.17) is 12.5 Å². The van der Waals surface area contributed by atoms with Gasteiger partial charge in [0.05, 0.1) is 16.3 Å². The molecular formula is C25H18N2O2S. The van der Waals surface area contributed by atoms with Gasteiger partial charge in [0.15, 0.2) is 0 Å². The molecule has 2 aliphatic rings. The van der Waals surface area contributed by atoms with Crippen LogP contribution < -0.4 is 4.74 Å². The first-order chi connectivity index (χ1) is 15.5. The average molecular weight is 413 g/mol. The third-order valence-electron chi connectivity index (χ3n) is 5.33. The molecule has 0 bridgehead atoms. The van der Waals surface area contributed by atoms with Crippen LogP contribution in [0.5, 0.6) is 17.4 Å². The van der Waals surface area contributed by atoms with Crippen LogP contribution in [0.25, 0.3) is 10.9 Å². The molecule has 146 valence electrons. The summed E-state index contributed by atoms with van der Waals surface area (Å²) < 4.78 is 23.2. The van der Waals surface area contributed by atoms with Crippen LogP contribution in [-0.2, 0) is 6.37 Å². The highest BCUT2D eigenvalue weighted by atomic mass is 32.2. The second-order valence-electron chi connectivity index (χ2n) is 7.28. The second-order valence-corrected chi connectivity index (χ2v) is 8.41. The Morgan fingerprint density at radius 2 is 1.90 bits per heavy atom. The maximum Gasteiger partial charge on any atom is 0.219 e. The van der Waals surface area contributed by atoms with Crippen molar-refractivity contribution in [3.63, 3.8) is 0 Å². The van der Waals surface area contributed by atoms with E-state index in [1.54, 1.807) is 30.0 Å². The summed E-state index contributed by atoms with van der Waals surface area (Å²) in [6.45, 7) is 0. The minimum absolute atomic E-state index is 0.0223. The summed E-state index contributed by atoms with van der Waals surface area (Å²) in [6.07, 6.45) is -1.48. The van der Waals surface area contributed by atoms with Gasteiger partial charge in [-0.25, -0.2) is 4.98 Å². The number of aliphatic imine (C=N–C) groups is 1. The number of benzene rings is 3. The predicted molar refractivity (Wildman–Crippen MR) is 121 cm³/mol. The molecule has 6 rings (SSSR count). The molecule has 1 aliphatic carbocycles. The van der Waals surface area contributed by atoms with E-state index >= 15 is 0 Å². The minimum atomic E-state index is -1.48.